The fraction of sp³-hybridized carbons (Fsp3) is 0.533. The van der Waals surface area contributed by atoms with E-state index in [2.05, 4.69) is 36.6 Å². The highest BCUT2D eigenvalue weighted by Gasteiger charge is 2.11. The van der Waals surface area contributed by atoms with E-state index in [9.17, 15) is 4.79 Å². The van der Waals surface area contributed by atoms with E-state index in [1.807, 2.05) is 25.1 Å². The van der Waals surface area contributed by atoms with Crippen LogP contribution in [0.15, 0.2) is 30.3 Å². The lowest BCUT2D eigenvalue weighted by molar-refractivity contribution is -0.122. The summed E-state index contributed by atoms with van der Waals surface area (Å²) >= 11 is 0. The Balaban J connectivity index is 2.23. The van der Waals surface area contributed by atoms with Gasteiger partial charge in [-0.1, -0.05) is 44.2 Å². The van der Waals surface area contributed by atoms with Crippen LogP contribution in [0.1, 0.15) is 32.8 Å². The van der Waals surface area contributed by atoms with Crippen molar-refractivity contribution in [3.05, 3.63) is 35.9 Å². The lowest BCUT2D eigenvalue weighted by Gasteiger charge is -2.14. The van der Waals surface area contributed by atoms with Crippen LogP contribution in [0.2, 0.25) is 0 Å². The van der Waals surface area contributed by atoms with Crippen LogP contribution in [-0.4, -0.2) is 18.5 Å². The molecule has 100 valence electrons. The molecule has 1 aromatic rings. The quantitative estimate of drug-likeness (QED) is 0.777. The third kappa shape index (κ3) is 5.82. The van der Waals surface area contributed by atoms with Gasteiger partial charge in [-0.25, -0.2) is 0 Å². The Labute approximate surface area is 110 Å². The molecule has 1 atom stereocenters. The van der Waals surface area contributed by atoms with Gasteiger partial charge in [0.1, 0.15) is 0 Å². The van der Waals surface area contributed by atoms with Crippen LogP contribution >= 0.6 is 0 Å². The topological polar surface area (TPSA) is 41.1 Å². The SMILES string of the molecule is CC(C)CCNC(=O)C(C)NCc1ccccc1. The molecule has 1 unspecified atom stereocenters. The first-order valence-corrected chi connectivity index (χ1v) is 6.64. The van der Waals surface area contributed by atoms with Gasteiger partial charge in [0.2, 0.25) is 5.91 Å². The number of benzene rings is 1. The van der Waals surface area contributed by atoms with Gasteiger partial charge in [0.05, 0.1) is 6.04 Å². The van der Waals surface area contributed by atoms with E-state index in [4.69, 9.17) is 0 Å². The first-order chi connectivity index (χ1) is 8.59. The highest BCUT2D eigenvalue weighted by atomic mass is 16.2. The smallest absolute Gasteiger partial charge is 0.236 e. The maximum Gasteiger partial charge on any atom is 0.236 e. The molecule has 0 fully saturated rings. The molecule has 0 aliphatic heterocycles. The fourth-order valence-corrected chi connectivity index (χ4v) is 1.60. The summed E-state index contributed by atoms with van der Waals surface area (Å²) in [5, 5.41) is 6.17. The van der Waals surface area contributed by atoms with E-state index in [0.717, 1.165) is 19.5 Å². The van der Waals surface area contributed by atoms with Crippen LogP contribution in [0.3, 0.4) is 0 Å². The summed E-state index contributed by atoms with van der Waals surface area (Å²) in [4.78, 5) is 11.8. The highest BCUT2D eigenvalue weighted by Crippen LogP contribution is 1.99. The second-order valence-corrected chi connectivity index (χ2v) is 5.06. The minimum atomic E-state index is -0.155. The average Bonchev–Trinajstić information content (AvgIpc) is 2.36. The summed E-state index contributed by atoms with van der Waals surface area (Å²) < 4.78 is 0. The number of nitrogens with one attached hydrogen (secondary N) is 2. The molecule has 0 bridgehead atoms. The number of hydrogen-bond acceptors (Lipinski definition) is 2. The first-order valence-electron chi connectivity index (χ1n) is 6.64. The Morgan fingerprint density at radius 1 is 1.17 bits per heavy atom. The minimum Gasteiger partial charge on any atom is -0.355 e. The molecule has 3 nitrogen and oxygen atoms in total. The van der Waals surface area contributed by atoms with Gasteiger partial charge >= 0.3 is 0 Å². The van der Waals surface area contributed by atoms with Crippen molar-refractivity contribution in [1.82, 2.24) is 10.6 Å². The molecule has 0 spiro atoms. The molecule has 0 radical (unpaired) electrons. The number of amides is 1. The van der Waals surface area contributed by atoms with Crippen molar-refractivity contribution in [3.63, 3.8) is 0 Å². The number of rotatable bonds is 7. The summed E-state index contributed by atoms with van der Waals surface area (Å²) in [5.41, 5.74) is 1.19. The van der Waals surface area contributed by atoms with Crippen molar-refractivity contribution in [2.45, 2.75) is 39.8 Å². The lowest BCUT2D eigenvalue weighted by atomic mass is 10.1. The highest BCUT2D eigenvalue weighted by molar-refractivity contribution is 5.81. The zero-order valence-electron chi connectivity index (χ0n) is 11.6. The summed E-state index contributed by atoms with van der Waals surface area (Å²) in [7, 11) is 0. The normalized spacial score (nSPS) is 12.4. The van der Waals surface area contributed by atoms with Crippen molar-refractivity contribution in [3.8, 4) is 0 Å². The lowest BCUT2D eigenvalue weighted by Crippen LogP contribution is -2.42. The minimum absolute atomic E-state index is 0.0755. The molecular formula is C15H24N2O. The molecule has 1 rings (SSSR count). The van der Waals surface area contributed by atoms with Crippen LogP contribution in [0.5, 0.6) is 0 Å². The summed E-state index contributed by atoms with van der Waals surface area (Å²) in [6.45, 7) is 7.69. The van der Waals surface area contributed by atoms with Crippen LogP contribution in [0, 0.1) is 5.92 Å². The van der Waals surface area contributed by atoms with Crippen molar-refractivity contribution in [2.24, 2.45) is 5.92 Å². The van der Waals surface area contributed by atoms with E-state index in [-0.39, 0.29) is 11.9 Å². The molecule has 0 aliphatic rings. The molecule has 0 saturated heterocycles. The predicted molar refractivity (Wildman–Crippen MR) is 75.2 cm³/mol. The van der Waals surface area contributed by atoms with Crippen LogP contribution in [0.4, 0.5) is 0 Å². The molecule has 0 aliphatic carbocycles. The Hall–Kier alpha value is -1.35. The standard InChI is InChI=1S/C15H24N2O/c1-12(2)9-10-16-15(18)13(3)17-11-14-7-5-4-6-8-14/h4-8,12-13,17H,9-11H2,1-3H3,(H,16,18). The fourth-order valence-electron chi connectivity index (χ4n) is 1.60. The number of carbonyl (C=O) groups is 1. The average molecular weight is 248 g/mol. The Morgan fingerprint density at radius 3 is 2.44 bits per heavy atom. The van der Waals surface area contributed by atoms with E-state index in [0.29, 0.717) is 5.92 Å². The van der Waals surface area contributed by atoms with Gasteiger partial charge in [-0.05, 0) is 24.8 Å². The van der Waals surface area contributed by atoms with Crippen molar-refractivity contribution in [2.75, 3.05) is 6.54 Å². The van der Waals surface area contributed by atoms with Crippen LogP contribution in [0.25, 0.3) is 0 Å². The first kappa shape index (κ1) is 14.7. The molecule has 1 aromatic carbocycles. The van der Waals surface area contributed by atoms with Crippen molar-refractivity contribution >= 4 is 5.91 Å². The maximum atomic E-state index is 11.8. The van der Waals surface area contributed by atoms with Crippen LogP contribution in [-0.2, 0) is 11.3 Å². The number of hydrogen-bond donors (Lipinski definition) is 2. The van der Waals surface area contributed by atoms with Gasteiger partial charge in [-0.2, -0.15) is 0 Å². The Kier molecular flexibility index (Phi) is 6.44. The Bertz CT molecular complexity index is 349. The summed E-state index contributed by atoms with van der Waals surface area (Å²) in [6.07, 6.45) is 1.02. The maximum absolute atomic E-state index is 11.8. The third-order valence-corrected chi connectivity index (χ3v) is 2.87. The second kappa shape index (κ2) is 7.88. The molecule has 3 heteroatoms. The molecule has 0 heterocycles. The van der Waals surface area contributed by atoms with Crippen molar-refractivity contribution < 1.29 is 4.79 Å². The molecular weight excluding hydrogens is 224 g/mol. The third-order valence-electron chi connectivity index (χ3n) is 2.87. The summed E-state index contributed by atoms with van der Waals surface area (Å²) in [5.74, 6) is 0.699. The molecule has 18 heavy (non-hydrogen) atoms. The van der Waals surface area contributed by atoms with Crippen LogP contribution < -0.4 is 10.6 Å². The van der Waals surface area contributed by atoms with Crippen molar-refractivity contribution in [1.29, 1.82) is 0 Å². The van der Waals surface area contributed by atoms with Gasteiger partial charge < -0.3 is 10.6 Å². The molecule has 0 aromatic heterocycles. The van der Waals surface area contributed by atoms with Gasteiger partial charge in [0, 0.05) is 13.1 Å². The monoisotopic (exact) mass is 248 g/mol. The van der Waals surface area contributed by atoms with E-state index in [1.165, 1.54) is 5.56 Å². The molecule has 2 N–H and O–H groups in total. The second-order valence-electron chi connectivity index (χ2n) is 5.06. The molecule has 1 amide bonds. The van der Waals surface area contributed by atoms with E-state index >= 15 is 0 Å². The number of carbonyl (C=O) groups excluding carboxylic acids is 1. The molecule has 0 saturated carbocycles. The van der Waals surface area contributed by atoms with Gasteiger partial charge in [-0.3, -0.25) is 4.79 Å². The van der Waals surface area contributed by atoms with Gasteiger partial charge in [-0.15, -0.1) is 0 Å². The van der Waals surface area contributed by atoms with E-state index < -0.39 is 0 Å². The predicted octanol–water partition coefficient (Wildman–Crippen LogP) is 2.33. The largest absolute Gasteiger partial charge is 0.355 e. The zero-order chi connectivity index (χ0) is 13.4. The zero-order valence-corrected chi connectivity index (χ0v) is 11.6. The Morgan fingerprint density at radius 2 is 1.83 bits per heavy atom. The van der Waals surface area contributed by atoms with Gasteiger partial charge in [0.25, 0.3) is 0 Å². The van der Waals surface area contributed by atoms with E-state index in [1.54, 1.807) is 0 Å². The van der Waals surface area contributed by atoms with Gasteiger partial charge in [0.15, 0.2) is 0 Å². The summed E-state index contributed by atoms with van der Waals surface area (Å²) in [6, 6.07) is 9.95.